The second-order valence-corrected chi connectivity index (χ2v) is 7.34. The molecule has 2 unspecified atom stereocenters. The number of allylic oxidation sites excluding steroid dienone is 2. The molecular formula is C21H16ClF2N3O4. The first kappa shape index (κ1) is 19.5. The van der Waals surface area contributed by atoms with Gasteiger partial charge >= 0.3 is 5.98 Å². The van der Waals surface area contributed by atoms with Gasteiger partial charge in [0.1, 0.15) is 31.0 Å². The van der Waals surface area contributed by atoms with Crippen LogP contribution in [0.5, 0.6) is 23.0 Å². The summed E-state index contributed by atoms with van der Waals surface area (Å²) in [4.78, 5) is 5.43. The monoisotopic (exact) mass is 447 g/mol. The third-order valence-electron chi connectivity index (χ3n) is 4.83. The zero-order valence-corrected chi connectivity index (χ0v) is 16.6. The quantitative estimate of drug-likeness (QED) is 0.684. The fourth-order valence-electron chi connectivity index (χ4n) is 3.50. The summed E-state index contributed by atoms with van der Waals surface area (Å²) < 4.78 is 46.8. The van der Waals surface area contributed by atoms with Crippen LogP contribution in [0, 0.1) is 5.82 Å². The first-order valence-electron chi connectivity index (χ1n) is 9.38. The molecule has 0 saturated carbocycles. The van der Waals surface area contributed by atoms with Crippen molar-refractivity contribution in [2.45, 2.75) is 12.1 Å². The molecule has 0 amide bonds. The minimum atomic E-state index is -2.60. The van der Waals surface area contributed by atoms with Gasteiger partial charge in [-0.15, -0.1) is 0 Å². The van der Waals surface area contributed by atoms with E-state index in [-0.39, 0.29) is 10.8 Å². The minimum absolute atomic E-state index is 0.268. The summed E-state index contributed by atoms with van der Waals surface area (Å²) in [6.07, 6.45) is 4.87. The van der Waals surface area contributed by atoms with Gasteiger partial charge in [0.15, 0.2) is 23.1 Å². The lowest BCUT2D eigenvalue weighted by atomic mass is 10.2. The summed E-state index contributed by atoms with van der Waals surface area (Å²) >= 11 is 5.97. The smallest absolute Gasteiger partial charge is 0.356 e. The number of phenolic OH excluding ortho intramolecular Hbond substituents is 1. The third-order valence-corrected chi connectivity index (χ3v) is 5.11. The largest absolute Gasteiger partial charge is 0.508 e. The highest BCUT2D eigenvalue weighted by atomic mass is 35.5. The van der Waals surface area contributed by atoms with Crippen molar-refractivity contribution in [2.75, 3.05) is 18.5 Å². The van der Waals surface area contributed by atoms with E-state index in [2.05, 4.69) is 10.3 Å². The van der Waals surface area contributed by atoms with E-state index in [0.717, 1.165) is 18.2 Å². The van der Waals surface area contributed by atoms with Gasteiger partial charge in [0, 0.05) is 36.2 Å². The van der Waals surface area contributed by atoms with Crippen molar-refractivity contribution < 1.29 is 28.1 Å². The molecule has 0 bridgehead atoms. The van der Waals surface area contributed by atoms with E-state index in [4.69, 9.17) is 25.8 Å². The van der Waals surface area contributed by atoms with Gasteiger partial charge in [0.2, 0.25) is 0 Å². The highest BCUT2D eigenvalue weighted by Gasteiger charge is 2.47. The third kappa shape index (κ3) is 3.50. The van der Waals surface area contributed by atoms with E-state index in [1.807, 2.05) is 0 Å². The zero-order chi connectivity index (χ0) is 21.6. The van der Waals surface area contributed by atoms with Crippen molar-refractivity contribution in [1.82, 2.24) is 4.90 Å². The van der Waals surface area contributed by atoms with E-state index in [9.17, 15) is 9.50 Å². The van der Waals surface area contributed by atoms with Crippen molar-refractivity contribution in [3.05, 3.63) is 65.2 Å². The topological polar surface area (TPSA) is 75.5 Å². The Labute approximate surface area is 180 Å². The molecular weight excluding hydrogens is 432 g/mol. The van der Waals surface area contributed by atoms with E-state index in [0.29, 0.717) is 30.4 Å². The molecule has 0 spiro atoms. The highest BCUT2D eigenvalue weighted by Crippen LogP contribution is 2.41. The lowest BCUT2D eigenvalue weighted by Crippen LogP contribution is -2.54. The fraction of sp³-hybridized carbons (Fsp3) is 0.190. The molecule has 3 aliphatic rings. The van der Waals surface area contributed by atoms with Crippen molar-refractivity contribution >= 4 is 23.5 Å². The standard InChI is InChI=1S/C21H16ClF2N3O4/c22-14-9-13(28)10-15(23)20(14)31-21(24)5-1-2-18-25-11-19(27(18)21)26-12-3-4-16-17(8-12)30-7-6-29-16/h1-5,8-11,19,26,28H,6-7H2. The van der Waals surface area contributed by atoms with Gasteiger partial charge in [-0.05, 0) is 18.2 Å². The lowest BCUT2D eigenvalue weighted by Gasteiger charge is -2.39. The number of halogens is 3. The molecule has 3 aliphatic heterocycles. The van der Waals surface area contributed by atoms with Gasteiger partial charge in [-0.2, -0.15) is 4.39 Å². The van der Waals surface area contributed by atoms with Gasteiger partial charge < -0.3 is 24.6 Å². The van der Waals surface area contributed by atoms with Crippen LogP contribution in [0.25, 0.3) is 0 Å². The number of alkyl halides is 1. The van der Waals surface area contributed by atoms with E-state index < -0.39 is 29.5 Å². The molecule has 0 aromatic heterocycles. The van der Waals surface area contributed by atoms with Crippen molar-refractivity contribution in [2.24, 2.45) is 4.99 Å². The molecule has 0 fully saturated rings. The van der Waals surface area contributed by atoms with Crippen LogP contribution in [0.15, 0.2) is 59.4 Å². The number of nitrogens with one attached hydrogen (secondary N) is 1. The molecule has 5 rings (SSSR count). The van der Waals surface area contributed by atoms with Gasteiger partial charge in [-0.25, -0.2) is 9.38 Å². The second kappa shape index (κ2) is 7.35. The second-order valence-electron chi connectivity index (χ2n) is 6.93. The van der Waals surface area contributed by atoms with Crippen LogP contribution < -0.4 is 19.5 Å². The van der Waals surface area contributed by atoms with Crippen molar-refractivity contribution in [3.63, 3.8) is 0 Å². The highest BCUT2D eigenvalue weighted by molar-refractivity contribution is 6.32. The maximum absolute atomic E-state index is 16.0. The molecule has 7 nitrogen and oxygen atoms in total. The average molecular weight is 448 g/mol. The Morgan fingerprint density at radius 1 is 1.23 bits per heavy atom. The van der Waals surface area contributed by atoms with Crippen LogP contribution in [0.2, 0.25) is 5.02 Å². The van der Waals surface area contributed by atoms with Gasteiger partial charge in [0.05, 0.1) is 5.02 Å². The first-order chi connectivity index (χ1) is 14.9. The molecule has 10 heteroatoms. The molecule has 0 radical (unpaired) electrons. The number of benzene rings is 2. The molecule has 160 valence electrons. The molecule has 3 heterocycles. The fourth-order valence-corrected chi connectivity index (χ4v) is 3.74. The predicted octanol–water partition coefficient (Wildman–Crippen LogP) is 4.19. The average Bonchev–Trinajstić information content (AvgIpc) is 3.15. The first-order valence-corrected chi connectivity index (χ1v) is 9.76. The molecule has 0 aliphatic carbocycles. The summed E-state index contributed by atoms with van der Waals surface area (Å²) in [5, 5.41) is 12.4. The number of aliphatic imine (C=N–C) groups is 1. The lowest BCUT2D eigenvalue weighted by molar-refractivity contribution is -0.136. The molecule has 2 atom stereocenters. The number of hydrogen-bond acceptors (Lipinski definition) is 7. The summed E-state index contributed by atoms with van der Waals surface area (Å²) in [5.74, 6) is -3.06. The van der Waals surface area contributed by atoms with Gasteiger partial charge in [0.25, 0.3) is 0 Å². The maximum Gasteiger partial charge on any atom is 0.356 e. The van der Waals surface area contributed by atoms with Crippen LogP contribution in [0.3, 0.4) is 0 Å². The Bertz CT molecular complexity index is 1120. The maximum atomic E-state index is 16.0. The van der Waals surface area contributed by atoms with Crippen LogP contribution >= 0.6 is 11.6 Å². The van der Waals surface area contributed by atoms with E-state index in [1.54, 1.807) is 24.3 Å². The van der Waals surface area contributed by atoms with Crippen LogP contribution in [-0.2, 0) is 0 Å². The van der Waals surface area contributed by atoms with E-state index >= 15 is 4.39 Å². The molecule has 2 N–H and O–H groups in total. The zero-order valence-electron chi connectivity index (χ0n) is 15.9. The number of hydrogen-bond donors (Lipinski definition) is 2. The SMILES string of the molecule is Oc1cc(F)c(OC2(F)C=CC=C3N=CC(Nc4ccc5c(c4)OCCO5)N32)c(Cl)c1. The summed E-state index contributed by atoms with van der Waals surface area (Å²) in [5.41, 5.74) is 0.632. The Balaban J connectivity index is 1.43. The van der Waals surface area contributed by atoms with Gasteiger partial charge in [-0.3, -0.25) is 4.90 Å². The van der Waals surface area contributed by atoms with Crippen LogP contribution in [0.4, 0.5) is 14.5 Å². The number of fused-ring (bicyclic) bond motifs is 2. The number of aromatic hydroxyl groups is 1. The Kier molecular flexibility index (Phi) is 4.62. The van der Waals surface area contributed by atoms with Crippen molar-refractivity contribution in [1.29, 1.82) is 0 Å². The summed E-state index contributed by atoms with van der Waals surface area (Å²) in [6, 6.07) is 7.11. The number of ether oxygens (including phenoxy) is 3. The number of nitrogens with zero attached hydrogens (tertiary/aromatic N) is 2. The Morgan fingerprint density at radius 3 is 2.84 bits per heavy atom. The number of phenols is 1. The summed E-state index contributed by atoms with van der Waals surface area (Å²) in [6.45, 7) is 0.910. The summed E-state index contributed by atoms with van der Waals surface area (Å²) in [7, 11) is 0. The van der Waals surface area contributed by atoms with E-state index in [1.165, 1.54) is 17.2 Å². The van der Waals surface area contributed by atoms with Crippen LogP contribution in [-0.4, -0.2) is 41.6 Å². The number of anilines is 1. The Morgan fingerprint density at radius 2 is 2.03 bits per heavy atom. The minimum Gasteiger partial charge on any atom is -0.508 e. The van der Waals surface area contributed by atoms with Gasteiger partial charge in [-0.1, -0.05) is 17.7 Å². The predicted molar refractivity (Wildman–Crippen MR) is 110 cm³/mol. The normalized spacial score (nSPS) is 23.4. The molecule has 2 aromatic carbocycles. The van der Waals surface area contributed by atoms with Crippen molar-refractivity contribution in [3.8, 4) is 23.0 Å². The molecule has 2 aromatic rings. The molecule has 31 heavy (non-hydrogen) atoms. The molecule has 0 saturated heterocycles. The Hall–Kier alpha value is -3.46. The van der Waals surface area contributed by atoms with Crippen LogP contribution in [0.1, 0.15) is 0 Å². The number of rotatable bonds is 4.